The predicted octanol–water partition coefficient (Wildman–Crippen LogP) is 1.89. The Labute approximate surface area is 159 Å². The van der Waals surface area contributed by atoms with Crippen molar-refractivity contribution in [2.75, 3.05) is 25.7 Å². The van der Waals surface area contributed by atoms with Gasteiger partial charge in [-0.25, -0.2) is 0 Å². The smallest absolute Gasteiger partial charge is 0.279 e. The standard InChI is InChI=1S/C21H24N2O4/c1-13-5-6-16(14(2)7-13)10-23(4)11-21(25)22-18-9-20-19(26-12-27-20)8-17(18)15(3)24/h5-9H,10-12H2,1-4H3,(H,22,25)/p+1. The largest absolute Gasteiger partial charge is 0.454 e. The normalized spacial score (nSPS) is 13.3. The molecule has 1 aliphatic rings. The molecule has 3 rings (SSSR count). The third-order valence-electron chi connectivity index (χ3n) is 4.62. The topological polar surface area (TPSA) is 69.1 Å². The molecule has 0 saturated heterocycles. The molecule has 2 N–H and O–H groups in total. The summed E-state index contributed by atoms with van der Waals surface area (Å²) in [6.45, 7) is 6.77. The Morgan fingerprint density at radius 1 is 1.11 bits per heavy atom. The van der Waals surface area contributed by atoms with Gasteiger partial charge in [0.25, 0.3) is 5.91 Å². The van der Waals surface area contributed by atoms with E-state index in [2.05, 4.69) is 37.4 Å². The molecule has 142 valence electrons. The van der Waals surface area contributed by atoms with Gasteiger partial charge in [-0.05, 0) is 32.4 Å². The van der Waals surface area contributed by atoms with Crippen molar-refractivity contribution in [3.05, 3.63) is 52.6 Å². The summed E-state index contributed by atoms with van der Waals surface area (Å²) in [5.41, 5.74) is 4.55. The molecule has 0 aromatic heterocycles. The fourth-order valence-electron chi connectivity index (χ4n) is 3.24. The molecule has 6 nitrogen and oxygen atoms in total. The first kappa shape index (κ1) is 18.9. The molecule has 1 aliphatic heterocycles. The van der Waals surface area contributed by atoms with Crippen LogP contribution < -0.4 is 19.7 Å². The monoisotopic (exact) mass is 369 g/mol. The number of hydrogen-bond acceptors (Lipinski definition) is 4. The number of Topliss-reactive ketones (excluding diaryl/α,β-unsaturated/α-hetero) is 1. The highest BCUT2D eigenvalue weighted by molar-refractivity contribution is 6.04. The van der Waals surface area contributed by atoms with E-state index in [-0.39, 0.29) is 18.5 Å². The summed E-state index contributed by atoms with van der Waals surface area (Å²) >= 11 is 0. The lowest BCUT2D eigenvalue weighted by molar-refractivity contribution is -0.885. The number of rotatable bonds is 6. The third kappa shape index (κ3) is 4.46. The molecule has 1 amide bonds. The van der Waals surface area contributed by atoms with Gasteiger partial charge in [-0.3, -0.25) is 9.59 Å². The Hall–Kier alpha value is -2.86. The van der Waals surface area contributed by atoms with E-state index in [9.17, 15) is 9.59 Å². The minimum Gasteiger partial charge on any atom is -0.454 e. The second-order valence-corrected chi connectivity index (χ2v) is 7.10. The first-order chi connectivity index (χ1) is 12.8. The molecule has 1 atom stereocenters. The number of hydrogen-bond donors (Lipinski definition) is 2. The predicted molar refractivity (Wildman–Crippen MR) is 103 cm³/mol. The summed E-state index contributed by atoms with van der Waals surface area (Å²) in [6.07, 6.45) is 0. The molecule has 2 aromatic carbocycles. The highest BCUT2D eigenvalue weighted by atomic mass is 16.7. The SMILES string of the molecule is CC(=O)c1cc2c(cc1NC(=O)C[NH+](C)Cc1ccc(C)cc1C)OCO2. The number of quaternary nitrogens is 1. The van der Waals surface area contributed by atoms with Crippen molar-refractivity contribution in [1.29, 1.82) is 0 Å². The van der Waals surface area contributed by atoms with Gasteiger partial charge in [0.05, 0.1) is 12.7 Å². The molecule has 0 bridgehead atoms. The Kier molecular flexibility index (Phi) is 5.46. The van der Waals surface area contributed by atoms with Crippen LogP contribution in [0.15, 0.2) is 30.3 Å². The van der Waals surface area contributed by atoms with E-state index in [0.29, 0.717) is 29.3 Å². The zero-order chi connectivity index (χ0) is 19.6. The lowest BCUT2D eigenvalue weighted by atomic mass is 10.1. The van der Waals surface area contributed by atoms with Crippen LogP contribution in [0, 0.1) is 13.8 Å². The molecular weight excluding hydrogens is 344 g/mol. The molecule has 0 spiro atoms. The maximum Gasteiger partial charge on any atom is 0.279 e. The van der Waals surface area contributed by atoms with Gasteiger partial charge in [-0.1, -0.05) is 23.8 Å². The molecule has 0 radical (unpaired) electrons. The number of carbonyl (C=O) groups is 2. The van der Waals surface area contributed by atoms with Gasteiger partial charge < -0.3 is 19.7 Å². The van der Waals surface area contributed by atoms with E-state index in [1.807, 2.05) is 7.05 Å². The zero-order valence-corrected chi connectivity index (χ0v) is 16.1. The number of aryl methyl sites for hydroxylation is 2. The summed E-state index contributed by atoms with van der Waals surface area (Å²) in [7, 11) is 1.98. The lowest BCUT2D eigenvalue weighted by Crippen LogP contribution is -3.08. The van der Waals surface area contributed by atoms with E-state index in [4.69, 9.17) is 9.47 Å². The van der Waals surface area contributed by atoms with Crippen LogP contribution >= 0.6 is 0 Å². The molecule has 1 heterocycles. The average Bonchev–Trinajstić information content (AvgIpc) is 3.03. The molecule has 1 unspecified atom stereocenters. The number of anilines is 1. The van der Waals surface area contributed by atoms with Gasteiger partial charge in [0, 0.05) is 17.2 Å². The van der Waals surface area contributed by atoms with Gasteiger partial charge in [0.15, 0.2) is 23.8 Å². The van der Waals surface area contributed by atoms with Crippen molar-refractivity contribution in [3.8, 4) is 11.5 Å². The van der Waals surface area contributed by atoms with Gasteiger partial charge in [-0.15, -0.1) is 0 Å². The van der Waals surface area contributed by atoms with Crippen LogP contribution in [-0.2, 0) is 11.3 Å². The summed E-state index contributed by atoms with van der Waals surface area (Å²) in [5, 5.41) is 2.85. The fraction of sp³-hybridized carbons (Fsp3) is 0.333. The summed E-state index contributed by atoms with van der Waals surface area (Å²) in [6, 6.07) is 9.61. The molecule has 2 aromatic rings. The van der Waals surface area contributed by atoms with Crippen molar-refractivity contribution in [1.82, 2.24) is 0 Å². The number of carbonyl (C=O) groups excluding carboxylic acids is 2. The number of benzene rings is 2. The molecule has 27 heavy (non-hydrogen) atoms. The maximum atomic E-state index is 12.5. The van der Waals surface area contributed by atoms with Crippen LogP contribution in [0.3, 0.4) is 0 Å². The average molecular weight is 369 g/mol. The quantitative estimate of drug-likeness (QED) is 0.763. The number of ether oxygens (including phenoxy) is 2. The van der Waals surface area contributed by atoms with Gasteiger partial charge in [0.2, 0.25) is 6.79 Å². The first-order valence-electron chi connectivity index (χ1n) is 8.95. The van der Waals surface area contributed by atoms with Gasteiger partial charge >= 0.3 is 0 Å². The number of amides is 1. The van der Waals surface area contributed by atoms with Crippen molar-refractivity contribution in [2.45, 2.75) is 27.3 Å². The van der Waals surface area contributed by atoms with Crippen molar-refractivity contribution in [2.24, 2.45) is 0 Å². The molecule has 6 heteroatoms. The summed E-state index contributed by atoms with van der Waals surface area (Å²) in [4.78, 5) is 25.5. The van der Waals surface area contributed by atoms with Crippen LogP contribution in [0.25, 0.3) is 0 Å². The van der Waals surface area contributed by atoms with Crippen molar-refractivity contribution < 1.29 is 24.0 Å². The van der Waals surface area contributed by atoms with Gasteiger partial charge in [-0.2, -0.15) is 0 Å². The highest BCUT2D eigenvalue weighted by Gasteiger charge is 2.21. The van der Waals surface area contributed by atoms with Crippen LogP contribution in [0.4, 0.5) is 5.69 Å². The van der Waals surface area contributed by atoms with E-state index in [1.165, 1.54) is 23.6 Å². The highest BCUT2D eigenvalue weighted by Crippen LogP contribution is 2.37. The zero-order valence-electron chi connectivity index (χ0n) is 16.1. The number of ketones is 1. The number of nitrogens with one attached hydrogen (secondary N) is 2. The van der Waals surface area contributed by atoms with Crippen LogP contribution in [0.5, 0.6) is 11.5 Å². The Morgan fingerprint density at radius 2 is 1.81 bits per heavy atom. The summed E-state index contributed by atoms with van der Waals surface area (Å²) < 4.78 is 10.7. The van der Waals surface area contributed by atoms with Crippen molar-refractivity contribution in [3.63, 3.8) is 0 Å². The second kappa shape index (κ2) is 7.80. The third-order valence-corrected chi connectivity index (χ3v) is 4.62. The van der Waals surface area contributed by atoms with Gasteiger partial charge in [0.1, 0.15) is 6.54 Å². The lowest BCUT2D eigenvalue weighted by Gasteiger charge is -2.16. The van der Waals surface area contributed by atoms with Crippen LogP contribution in [0.1, 0.15) is 34.0 Å². The fourth-order valence-corrected chi connectivity index (χ4v) is 3.24. The maximum absolute atomic E-state index is 12.5. The Morgan fingerprint density at radius 3 is 2.48 bits per heavy atom. The summed E-state index contributed by atoms with van der Waals surface area (Å²) in [5.74, 6) is 0.764. The molecule has 0 fully saturated rings. The van der Waals surface area contributed by atoms with Crippen molar-refractivity contribution >= 4 is 17.4 Å². The number of fused-ring (bicyclic) bond motifs is 1. The van der Waals surface area contributed by atoms with E-state index in [0.717, 1.165) is 11.4 Å². The molecule has 0 saturated carbocycles. The van der Waals surface area contributed by atoms with Crippen LogP contribution in [0.2, 0.25) is 0 Å². The minimum absolute atomic E-state index is 0.118. The molecule has 0 aliphatic carbocycles. The Bertz CT molecular complexity index is 892. The van der Waals surface area contributed by atoms with E-state index in [1.54, 1.807) is 12.1 Å². The van der Waals surface area contributed by atoms with E-state index < -0.39 is 0 Å². The molecular formula is C21H25N2O4+. The van der Waals surface area contributed by atoms with E-state index >= 15 is 0 Å². The second-order valence-electron chi connectivity index (χ2n) is 7.10. The first-order valence-corrected chi connectivity index (χ1v) is 8.95. The van der Waals surface area contributed by atoms with Crippen LogP contribution in [-0.4, -0.2) is 32.1 Å². The minimum atomic E-state index is -0.154. The number of likely N-dealkylation sites (N-methyl/N-ethyl adjacent to an activating group) is 1. The Balaban J connectivity index is 1.67.